The highest BCUT2D eigenvalue weighted by molar-refractivity contribution is 6.31. The van der Waals surface area contributed by atoms with E-state index in [1.54, 1.807) is 0 Å². The topological polar surface area (TPSA) is 37.4 Å². The normalized spacial score (nSPS) is 10.6. The molecule has 0 bridgehead atoms. The Hall–Kier alpha value is -0.840. The van der Waals surface area contributed by atoms with Crippen LogP contribution in [0.15, 0.2) is 12.1 Å². The number of nitrogens with one attached hydrogen (secondary N) is 1. The van der Waals surface area contributed by atoms with Crippen molar-refractivity contribution in [1.82, 2.24) is 10.3 Å². The summed E-state index contributed by atoms with van der Waals surface area (Å²) >= 11 is 6.06. The number of rotatable bonds is 7. The van der Waals surface area contributed by atoms with E-state index in [-0.39, 0.29) is 0 Å². The average molecular weight is 258 g/mol. The van der Waals surface area contributed by atoms with Gasteiger partial charge in [-0.05, 0) is 26.1 Å². The van der Waals surface area contributed by atoms with Crippen LogP contribution in [0.4, 0.5) is 5.82 Å². The summed E-state index contributed by atoms with van der Waals surface area (Å²) < 4.78 is 5.32. The summed E-state index contributed by atoms with van der Waals surface area (Å²) in [5.41, 5.74) is 0.870. The molecule has 0 amide bonds. The second kappa shape index (κ2) is 7.48. The Bertz CT molecular complexity index is 347. The molecule has 0 aliphatic carbocycles. The van der Waals surface area contributed by atoms with Gasteiger partial charge in [0.1, 0.15) is 5.82 Å². The van der Waals surface area contributed by atoms with Crippen LogP contribution in [0, 0.1) is 0 Å². The van der Waals surface area contributed by atoms with Crippen LogP contribution in [0.3, 0.4) is 0 Å². The number of likely N-dealkylation sites (N-methyl/N-ethyl adjacent to an activating group) is 1. The number of hydrogen-bond acceptors (Lipinski definition) is 4. The molecule has 1 heterocycles. The van der Waals surface area contributed by atoms with Crippen LogP contribution < -0.4 is 10.2 Å². The molecule has 0 radical (unpaired) electrons. The average Bonchev–Trinajstić information content (AvgIpc) is 2.32. The molecule has 0 saturated heterocycles. The minimum absolute atomic E-state index is 0.673. The predicted octanol–water partition coefficient (Wildman–Crippen LogP) is 1.93. The third-order valence-corrected chi connectivity index (χ3v) is 2.76. The van der Waals surface area contributed by atoms with E-state index in [9.17, 15) is 0 Å². The van der Waals surface area contributed by atoms with Gasteiger partial charge in [-0.1, -0.05) is 11.6 Å². The smallest absolute Gasteiger partial charge is 0.128 e. The maximum Gasteiger partial charge on any atom is 0.128 e. The zero-order chi connectivity index (χ0) is 12.7. The van der Waals surface area contributed by atoms with Gasteiger partial charge in [0.05, 0.1) is 17.3 Å². The van der Waals surface area contributed by atoms with Crippen molar-refractivity contribution in [3.63, 3.8) is 0 Å². The standard InChI is InChI=1S/C12H20ClN3O/c1-4-17-8-7-16(3)12-6-5-10(13)11(15-12)9-14-2/h5-6,14H,4,7-9H2,1-3H3. The lowest BCUT2D eigenvalue weighted by Crippen LogP contribution is -2.24. The Kier molecular flexibility index (Phi) is 6.26. The molecule has 0 saturated carbocycles. The molecule has 0 atom stereocenters. The molecule has 5 heteroatoms. The van der Waals surface area contributed by atoms with Gasteiger partial charge in [-0.25, -0.2) is 4.98 Å². The third kappa shape index (κ3) is 4.50. The molecule has 0 aliphatic heterocycles. The molecule has 17 heavy (non-hydrogen) atoms. The summed E-state index contributed by atoms with van der Waals surface area (Å²) in [6.07, 6.45) is 0. The Morgan fingerprint density at radius 2 is 2.24 bits per heavy atom. The largest absolute Gasteiger partial charge is 0.380 e. The molecule has 0 aromatic carbocycles. The maximum atomic E-state index is 6.06. The number of halogens is 1. The van der Waals surface area contributed by atoms with Crippen molar-refractivity contribution in [2.24, 2.45) is 0 Å². The van der Waals surface area contributed by atoms with Gasteiger partial charge in [0, 0.05) is 26.7 Å². The monoisotopic (exact) mass is 257 g/mol. The zero-order valence-corrected chi connectivity index (χ0v) is 11.4. The van der Waals surface area contributed by atoms with Crippen LogP contribution in [0.2, 0.25) is 5.02 Å². The molecule has 1 aromatic rings. The van der Waals surface area contributed by atoms with E-state index in [4.69, 9.17) is 16.3 Å². The molecule has 1 aromatic heterocycles. The van der Waals surface area contributed by atoms with Crippen molar-refractivity contribution in [2.75, 3.05) is 38.8 Å². The fourth-order valence-electron chi connectivity index (χ4n) is 1.44. The van der Waals surface area contributed by atoms with Gasteiger partial charge >= 0.3 is 0 Å². The fourth-order valence-corrected chi connectivity index (χ4v) is 1.61. The number of hydrogen-bond donors (Lipinski definition) is 1. The first-order valence-corrected chi connectivity index (χ1v) is 6.15. The van der Waals surface area contributed by atoms with E-state index in [1.165, 1.54) is 0 Å². The number of aromatic nitrogens is 1. The molecule has 0 fully saturated rings. The lowest BCUT2D eigenvalue weighted by molar-refractivity contribution is 0.154. The van der Waals surface area contributed by atoms with Crippen LogP contribution in [0.1, 0.15) is 12.6 Å². The first-order chi connectivity index (χ1) is 8.19. The lowest BCUT2D eigenvalue weighted by Gasteiger charge is -2.19. The Morgan fingerprint density at radius 1 is 1.47 bits per heavy atom. The lowest BCUT2D eigenvalue weighted by atomic mass is 10.3. The first-order valence-electron chi connectivity index (χ1n) is 5.78. The van der Waals surface area contributed by atoms with Gasteiger partial charge in [0.25, 0.3) is 0 Å². The summed E-state index contributed by atoms with van der Waals surface area (Å²) in [7, 11) is 3.88. The van der Waals surface area contributed by atoms with Crippen molar-refractivity contribution in [3.05, 3.63) is 22.8 Å². The van der Waals surface area contributed by atoms with E-state index in [0.717, 1.165) is 24.7 Å². The molecular formula is C12H20ClN3O. The minimum Gasteiger partial charge on any atom is -0.380 e. The molecule has 96 valence electrons. The van der Waals surface area contributed by atoms with Crippen molar-refractivity contribution in [2.45, 2.75) is 13.5 Å². The van der Waals surface area contributed by atoms with Gasteiger partial charge in [-0.3, -0.25) is 0 Å². The van der Waals surface area contributed by atoms with Crippen LogP contribution in [0.25, 0.3) is 0 Å². The zero-order valence-electron chi connectivity index (χ0n) is 10.7. The van der Waals surface area contributed by atoms with Gasteiger partial charge in [0.15, 0.2) is 0 Å². The quantitative estimate of drug-likeness (QED) is 0.758. The van der Waals surface area contributed by atoms with E-state index < -0.39 is 0 Å². The van der Waals surface area contributed by atoms with Crippen LogP contribution >= 0.6 is 11.6 Å². The maximum absolute atomic E-state index is 6.06. The van der Waals surface area contributed by atoms with Crippen LogP contribution in [-0.4, -0.2) is 38.8 Å². The van der Waals surface area contributed by atoms with Crippen molar-refractivity contribution in [1.29, 1.82) is 0 Å². The summed E-state index contributed by atoms with van der Waals surface area (Å²) in [4.78, 5) is 6.58. The second-order valence-electron chi connectivity index (χ2n) is 3.75. The molecule has 1 N–H and O–H groups in total. The van der Waals surface area contributed by atoms with E-state index in [0.29, 0.717) is 18.2 Å². The highest BCUT2D eigenvalue weighted by Gasteiger charge is 2.06. The van der Waals surface area contributed by atoms with Crippen LogP contribution in [0.5, 0.6) is 0 Å². The Morgan fingerprint density at radius 3 is 2.88 bits per heavy atom. The summed E-state index contributed by atoms with van der Waals surface area (Å²) in [5, 5.41) is 3.75. The summed E-state index contributed by atoms with van der Waals surface area (Å²) in [6, 6.07) is 3.81. The van der Waals surface area contributed by atoms with E-state index in [2.05, 4.69) is 15.2 Å². The molecular weight excluding hydrogens is 238 g/mol. The summed E-state index contributed by atoms with van der Waals surface area (Å²) in [6.45, 7) is 4.94. The fraction of sp³-hybridized carbons (Fsp3) is 0.583. The number of anilines is 1. The van der Waals surface area contributed by atoms with Gasteiger partial charge in [-0.2, -0.15) is 0 Å². The second-order valence-corrected chi connectivity index (χ2v) is 4.15. The predicted molar refractivity (Wildman–Crippen MR) is 71.8 cm³/mol. The minimum atomic E-state index is 0.673. The molecule has 0 unspecified atom stereocenters. The summed E-state index contributed by atoms with van der Waals surface area (Å²) in [5.74, 6) is 0.916. The van der Waals surface area contributed by atoms with Gasteiger partial charge < -0.3 is 15.0 Å². The van der Waals surface area contributed by atoms with Crippen molar-refractivity contribution in [3.8, 4) is 0 Å². The first kappa shape index (κ1) is 14.2. The number of ether oxygens (including phenoxy) is 1. The van der Waals surface area contributed by atoms with E-state index in [1.807, 2.05) is 33.2 Å². The van der Waals surface area contributed by atoms with Crippen LogP contribution in [-0.2, 0) is 11.3 Å². The Labute approximate surface area is 108 Å². The molecule has 1 rings (SSSR count). The van der Waals surface area contributed by atoms with Crippen molar-refractivity contribution >= 4 is 17.4 Å². The number of pyridine rings is 1. The highest BCUT2D eigenvalue weighted by Crippen LogP contribution is 2.18. The molecule has 0 aliphatic rings. The molecule has 0 spiro atoms. The third-order valence-electron chi connectivity index (χ3n) is 2.41. The highest BCUT2D eigenvalue weighted by atomic mass is 35.5. The van der Waals surface area contributed by atoms with Gasteiger partial charge in [0.2, 0.25) is 0 Å². The Balaban J connectivity index is 2.66. The SMILES string of the molecule is CCOCCN(C)c1ccc(Cl)c(CNC)n1. The van der Waals surface area contributed by atoms with E-state index >= 15 is 0 Å². The molecule has 4 nitrogen and oxygen atoms in total. The van der Waals surface area contributed by atoms with Crippen molar-refractivity contribution < 1.29 is 4.74 Å². The number of nitrogens with zero attached hydrogens (tertiary/aromatic N) is 2. The van der Waals surface area contributed by atoms with Gasteiger partial charge in [-0.15, -0.1) is 0 Å².